The number of hydrogen-bond donors (Lipinski definition) is 2. The number of anilines is 1. The summed E-state index contributed by atoms with van der Waals surface area (Å²) in [4.78, 5) is 24.2. The van der Waals surface area contributed by atoms with Gasteiger partial charge < -0.3 is 14.8 Å². The lowest BCUT2D eigenvalue weighted by Gasteiger charge is -2.11. The molecular formula is C25H24BrN3O4. The number of hydrogen-bond acceptors (Lipinski definition) is 5. The van der Waals surface area contributed by atoms with Crippen molar-refractivity contribution in [2.75, 3.05) is 12.4 Å². The molecular weight excluding hydrogens is 486 g/mol. The van der Waals surface area contributed by atoms with E-state index in [1.54, 1.807) is 31.4 Å². The molecule has 3 rings (SSSR count). The molecule has 2 N–H and O–H groups in total. The van der Waals surface area contributed by atoms with Gasteiger partial charge >= 0.3 is 11.8 Å². The van der Waals surface area contributed by atoms with E-state index in [0.717, 1.165) is 21.2 Å². The summed E-state index contributed by atoms with van der Waals surface area (Å²) in [6.07, 6.45) is 1.42. The fourth-order valence-electron chi connectivity index (χ4n) is 2.91. The maximum Gasteiger partial charge on any atom is 0.329 e. The van der Waals surface area contributed by atoms with Crippen LogP contribution >= 0.6 is 15.9 Å². The van der Waals surface area contributed by atoms with Crippen molar-refractivity contribution in [3.8, 4) is 11.5 Å². The third kappa shape index (κ3) is 6.66. The zero-order valence-corrected chi connectivity index (χ0v) is 20.1. The van der Waals surface area contributed by atoms with Crippen LogP contribution in [0.3, 0.4) is 0 Å². The molecule has 170 valence electrons. The van der Waals surface area contributed by atoms with Crippen LogP contribution in [0.1, 0.15) is 22.3 Å². The molecule has 0 spiro atoms. The third-order valence-electron chi connectivity index (χ3n) is 4.93. The number of nitrogens with zero attached hydrogens (tertiary/aromatic N) is 1. The maximum atomic E-state index is 12.1. The number of hydrazone groups is 1. The molecule has 0 aliphatic heterocycles. The van der Waals surface area contributed by atoms with Crippen LogP contribution in [0.4, 0.5) is 5.69 Å². The minimum atomic E-state index is -0.867. The topological polar surface area (TPSA) is 89.0 Å². The number of carbonyl (C=O) groups is 2. The van der Waals surface area contributed by atoms with E-state index < -0.39 is 11.8 Å². The molecule has 0 aromatic heterocycles. The van der Waals surface area contributed by atoms with E-state index in [4.69, 9.17) is 9.47 Å². The first-order valence-corrected chi connectivity index (χ1v) is 10.9. The first kappa shape index (κ1) is 24.0. The van der Waals surface area contributed by atoms with Gasteiger partial charge in [-0.15, -0.1) is 0 Å². The molecule has 0 saturated carbocycles. The van der Waals surface area contributed by atoms with Crippen LogP contribution in [-0.2, 0) is 16.2 Å². The highest BCUT2D eigenvalue weighted by atomic mass is 79.9. The molecule has 0 atom stereocenters. The summed E-state index contributed by atoms with van der Waals surface area (Å²) >= 11 is 3.41. The van der Waals surface area contributed by atoms with Gasteiger partial charge in [0.15, 0.2) is 11.5 Å². The Morgan fingerprint density at radius 2 is 1.76 bits per heavy atom. The van der Waals surface area contributed by atoms with Crippen LogP contribution in [0.5, 0.6) is 11.5 Å². The van der Waals surface area contributed by atoms with Crippen molar-refractivity contribution in [1.82, 2.24) is 5.43 Å². The van der Waals surface area contributed by atoms with Crippen LogP contribution in [0.25, 0.3) is 0 Å². The van der Waals surface area contributed by atoms with E-state index in [9.17, 15) is 9.59 Å². The van der Waals surface area contributed by atoms with Crippen molar-refractivity contribution in [3.63, 3.8) is 0 Å². The zero-order chi connectivity index (χ0) is 23.8. The second-order valence-electron chi connectivity index (χ2n) is 7.23. The summed E-state index contributed by atoms with van der Waals surface area (Å²) in [5.41, 5.74) is 6.42. The van der Waals surface area contributed by atoms with Gasteiger partial charge in [-0.05, 0) is 72.5 Å². The lowest BCUT2D eigenvalue weighted by Crippen LogP contribution is -2.32. The Balaban J connectivity index is 1.57. The number of nitrogens with one attached hydrogen (secondary N) is 2. The Kier molecular flexibility index (Phi) is 8.21. The summed E-state index contributed by atoms with van der Waals surface area (Å²) in [5, 5.41) is 6.46. The summed E-state index contributed by atoms with van der Waals surface area (Å²) in [6, 6.07) is 18.6. The molecule has 0 bridgehead atoms. The van der Waals surface area contributed by atoms with Gasteiger partial charge in [0.1, 0.15) is 6.61 Å². The lowest BCUT2D eigenvalue weighted by atomic mass is 10.1. The summed E-state index contributed by atoms with van der Waals surface area (Å²) < 4.78 is 12.3. The van der Waals surface area contributed by atoms with E-state index >= 15 is 0 Å². The number of rotatable bonds is 7. The number of aryl methyl sites for hydroxylation is 1. The SMILES string of the molecule is COc1cc(/C=N\NC(=O)C(=O)Nc2cccc(C)c2C)ccc1OCc1ccc(Br)cc1. The highest BCUT2D eigenvalue weighted by Crippen LogP contribution is 2.28. The van der Waals surface area contributed by atoms with Crippen LogP contribution in [0.2, 0.25) is 0 Å². The Hall–Kier alpha value is -3.65. The molecule has 0 fully saturated rings. The number of benzene rings is 3. The first-order chi connectivity index (χ1) is 15.9. The van der Waals surface area contributed by atoms with Crippen molar-refractivity contribution >= 4 is 39.6 Å². The van der Waals surface area contributed by atoms with Crippen LogP contribution in [0, 0.1) is 13.8 Å². The van der Waals surface area contributed by atoms with Crippen LogP contribution < -0.4 is 20.2 Å². The second-order valence-corrected chi connectivity index (χ2v) is 8.14. The van der Waals surface area contributed by atoms with Gasteiger partial charge in [-0.25, -0.2) is 5.43 Å². The van der Waals surface area contributed by atoms with E-state index in [-0.39, 0.29) is 0 Å². The number of methoxy groups -OCH3 is 1. The molecule has 2 amide bonds. The van der Waals surface area contributed by atoms with E-state index in [0.29, 0.717) is 29.4 Å². The predicted octanol–water partition coefficient (Wildman–Crippen LogP) is 4.74. The fraction of sp³-hybridized carbons (Fsp3) is 0.160. The molecule has 7 nitrogen and oxygen atoms in total. The van der Waals surface area contributed by atoms with E-state index in [2.05, 4.69) is 31.8 Å². The number of carbonyl (C=O) groups excluding carboxylic acids is 2. The van der Waals surface area contributed by atoms with Gasteiger partial charge in [-0.3, -0.25) is 9.59 Å². The molecule has 0 saturated heterocycles. The highest BCUT2D eigenvalue weighted by Gasteiger charge is 2.14. The van der Waals surface area contributed by atoms with Crippen molar-refractivity contribution in [3.05, 3.63) is 87.4 Å². The smallest absolute Gasteiger partial charge is 0.329 e. The normalized spacial score (nSPS) is 10.7. The molecule has 0 radical (unpaired) electrons. The average Bonchev–Trinajstić information content (AvgIpc) is 2.81. The first-order valence-electron chi connectivity index (χ1n) is 10.1. The van der Waals surface area contributed by atoms with E-state index in [1.807, 2.05) is 50.2 Å². The molecule has 8 heteroatoms. The Morgan fingerprint density at radius 1 is 1.00 bits per heavy atom. The Labute approximate surface area is 200 Å². The predicted molar refractivity (Wildman–Crippen MR) is 132 cm³/mol. The fourth-order valence-corrected chi connectivity index (χ4v) is 3.17. The lowest BCUT2D eigenvalue weighted by molar-refractivity contribution is -0.136. The quantitative estimate of drug-likeness (QED) is 0.273. The molecule has 0 heterocycles. The van der Waals surface area contributed by atoms with Crippen molar-refractivity contribution in [1.29, 1.82) is 0 Å². The minimum absolute atomic E-state index is 0.392. The Morgan fingerprint density at radius 3 is 2.48 bits per heavy atom. The van der Waals surface area contributed by atoms with Gasteiger partial charge in [0.25, 0.3) is 0 Å². The monoisotopic (exact) mass is 509 g/mol. The molecule has 3 aromatic rings. The Bertz CT molecular complexity index is 1180. The van der Waals surface area contributed by atoms with Gasteiger partial charge in [-0.2, -0.15) is 5.10 Å². The number of ether oxygens (including phenoxy) is 2. The molecule has 0 unspecified atom stereocenters. The van der Waals surface area contributed by atoms with Gasteiger partial charge in [-0.1, -0.05) is 40.2 Å². The highest BCUT2D eigenvalue weighted by molar-refractivity contribution is 9.10. The van der Waals surface area contributed by atoms with Crippen LogP contribution in [-0.4, -0.2) is 25.1 Å². The van der Waals surface area contributed by atoms with Crippen molar-refractivity contribution in [2.24, 2.45) is 5.10 Å². The molecule has 0 aliphatic carbocycles. The summed E-state index contributed by atoms with van der Waals surface area (Å²) in [7, 11) is 1.54. The summed E-state index contributed by atoms with van der Waals surface area (Å²) in [6.45, 7) is 4.20. The second kappa shape index (κ2) is 11.3. The number of halogens is 1. The van der Waals surface area contributed by atoms with Gasteiger partial charge in [0, 0.05) is 10.2 Å². The molecule has 33 heavy (non-hydrogen) atoms. The standard InChI is InChI=1S/C25H24BrN3O4/c1-16-5-4-6-21(17(16)2)28-24(30)25(31)29-27-14-19-9-12-22(23(13-19)32-3)33-15-18-7-10-20(26)11-8-18/h4-14H,15H2,1-3H3,(H,28,30)(H,29,31)/b27-14-. The van der Waals surface area contributed by atoms with Gasteiger partial charge in [0.2, 0.25) is 0 Å². The summed E-state index contributed by atoms with van der Waals surface area (Å²) in [5.74, 6) is -0.562. The minimum Gasteiger partial charge on any atom is -0.493 e. The van der Waals surface area contributed by atoms with E-state index in [1.165, 1.54) is 6.21 Å². The zero-order valence-electron chi connectivity index (χ0n) is 18.5. The van der Waals surface area contributed by atoms with Crippen molar-refractivity contribution in [2.45, 2.75) is 20.5 Å². The molecule has 3 aromatic carbocycles. The van der Waals surface area contributed by atoms with Crippen molar-refractivity contribution < 1.29 is 19.1 Å². The average molecular weight is 510 g/mol. The third-order valence-corrected chi connectivity index (χ3v) is 5.46. The van der Waals surface area contributed by atoms with Crippen LogP contribution in [0.15, 0.2) is 70.2 Å². The van der Waals surface area contributed by atoms with Gasteiger partial charge in [0.05, 0.1) is 13.3 Å². The maximum absolute atomic E-state index is 12.1. The number of amides is 2. The molecule has 0 aliphatic rings. The largest absolute Gasteiger partial charge is 0.493 e.